The van der Waals surface area contributed by atoms with Crippen LogP contribution in [0.15, 0.2) is 42.7 Å². The number of nitrogens with one attached hydrogen (secondary N) is 1. The second kappa shape index (κ2) is 9.61. The first-order valence-corrected chi connectivity index (χ1v) is 10.9. The lowest BCUT2D eigenvalue weighted by Crippen LogP contribution is -2.37. The van der Waals surface area contributed by atoms with E-state index in [9.17, 15) is 5.26 Å². The summed E-state index contributed by atoms with van der Waals surface area (Å²) in [4.78, 5) is 10.8. The first-order chi connectivity index (χ1) is 15.5. The predicted molar refractivity (Wildman–Crippen MR) is 128 cm³/mol. The number of nitrogens with zero attached hydrogens (tertiary/aromatic N) is 4. The minimum absolute atomic E-state index is 0.463. The molecule has 2 heterocycles. The molecule has 1 saturated heterocycles. The lowest BCUT2D eigenvalue weighted by molar-refractivity contribution is 0.122. The highest BCUT2D eigenvalue weighted by Crippen LogP contribution is 2.36. The van der Waals surface area contributed by atoms with Crippen LogP contribution in [0.3, 0.4) is 0 Å². The van der Waals surface area contributed by atoms with Crippen LogP contribution in [-0.4, -0.2) is 36.3 Å². The molecule has 0 bridgehead atoms. The molecular weight excluding hydrogens is 447 g/mol. The number of halogens is 2. The van der Waals surface area contributed by atoms with E-state index in [1.807, 2.05) is 25.1 Å². The Labute approximate surface area is 196 Å². The highest BCUT2D eigenvalue weighted by molar-refractivity contribution is 6.32. The van der Waals surface area contributed by atoms with Gasteiger partial charge in [0.15, 0.2) is 11.6 Å². The first-order valence-electron chi connectivity index (χ1n) is 10.1. The van der Waals surface area contributed by atoms with Crippen molar-refractivity contribution in [2.45, 2.75) is 12.8 Å². The molecule has 0 saturated carbocycles. The van der Waals surface area contributed by atoms with Crippen molar-refractivity contribution in [3.05, 3.63) is 69.5 Å². The summed E-state index contributed by atoms with van der Waals surface area (Å²) in [6, 6.07) is 13.2. The van der Waals surface area contributed by atoms with Gasteiger partial charge in [-0.25, -0.2) is 9.97 Å². The molecule has 3 aromatic rings. The smallest absolute Gasteiger partial charge is 0.159 e. The summed E-state index contributed by atoms with van der Waals surface area (Å²) in [5.41, 5.74) is 10.1. The number of benzene rings is 2. The highest BCUT2D eigenvalue weighted by atomic mass is 35.5. The van der Waals surface area contributed by atoms with E-state index in [1.165, 1.54) is 6.33 Å². The number of hydrogen-bond donors (Lipinski definition) is 2. The highest BCUT2D eigenvalue weighted by Gasteiger charge is 2.21. The summed E-state index contributed by atoms with van der Waals surface area (Å²) in [6.45, 7) is 4.66. The maximum absolute atomic E-state index is 9.81. The molecule has 0 amide bonds. The molecule has 1 aliphatic heterocycles. The maximum atomic E-state index is 9.81. The summed E-state index contributed by atoms with van der Waals surface area (Å²) < 4.78 is 5.41. The van der Waals surface area contributed by atoms with Gasteiger partial charge in [-0.1, -0.05) is 41.4 Å². The minimum atomic E-state index is -0.510. The minimum Gasteiger partial charge on any atom is -0.393 e. The molecule has 1 fully saturated rings. The molecule has 0 aliphatic carbocycles. The van der Waals surface area contributed by atoms with Crippen molar-refractivity contribution in [1.82, 2.24) is 9.97 Å². The number of nitrogen functional groups attached to an aromatic ring is 1. The third-order valence-electron chi connectivity index (χ3n) is 5.41. The molecule has 164 valence electrons. The van der Waals surface area contributed by atoms with Gasteiger partial charge in [-0.3, -0.25) is 0 Å². The number of hydrogen-bond acceptors (Lipinski definition) is 7. The van der Waals surface area contributed by atoms with Gasteiger partial charge in [0, 0.05) is 28.8 Å². The number of aryl methyl sites for hydroxylation is 1. The fourth-order valence-electron chi connectivity index (χ4n) is 3.68. The Hall–Kier alpha value is -3.05. The lowest BCUT2D eigenvalue weighted by Gasteiger charge is -2.29. The van der Waals surface area contributed by atoms with E-state index in [0.29, 0.717) is 40.6 Å². The van der Waals surface area contributed by atoms with Crippen LogP contribution < -0.4 is 16.0 Å². The molecule has 3 N–H and O–H groups in total. The Bertz CT molecular complexity index is 1160. The quantitative estimate of drug-likeness (QED) is 0.548. The van der Waals surface area contributed by atoms with E-state index in [0.717, 1.165) is 35.5 Å². The fourth-order valence-corrected chi connectivity index (χ4v) is 4.08. The summed E-state index contributed by atoms with van der Waals surface area (Å²) in [6.07, 6.45) is 1.49. The number of nitriles is 1. The second-order valence-corrected chi connectivity index (χ2v) is 8.33. The van der Waals surface area contributed by atoms with Gasteiger partial charge in [0.25, 0.3) is 0 Å². The van der Waals surface area contributed by atoms with Crippen molar-refractivity contribution in [3.63, 3.8) is 0 Å². The van der Waals surface area contributed by atoms with Crippen LogP contribution in [0.2, 0.25) is 10.0 Å². The molecular formula is C23H22Cl2N6O. The zero-order valence-electron chi connectivity index (χ0n) is 17.5. The Morgan fingerprint density at radius 1 is 1.16 bits per heavy atom. The molecule has 2 aromatic carbocycles. The average Bonchev–Trinajstić information content (AvgIpc) is 2.80. The topological polar surface area (TPSA) is 100 Å². The van der Waals surface area contributed by atoms with Crippen molar-refractivity contribution in [2.75, 3.05) is 42.3 Å². The van der Waals surface area contributed by atoms with Gasteiger partial charge in [0.2, 0.25) is 0 Å². The molecule has 0 spiro atoms. The van der Waals surface area contributed by atoms with Crippen LogP contribution in [0.25, 0.3) is 0 Å². The maximum Gasteiger partial charge on any atom is 0.159 e. The number of morpholine rings is 1. The zero-order valence-corrected chi connectivity index (χ0v) is 19.0. The van der Waals surface area contributed by atoms with Crippen LogP contribution in [-0.2, 0) is 4.74 Å². The standard InChI is InChI=1S/C23H22Cl2N6O/c1-14-10-17(18(12-26)15-2-4-16(24)5-3-15)19(25)11-20(14)30-22-21(27)23(29-13-28-22)31-6-8-32-9-7-31/h2-5,10-11,13,18H,6-9,27H2,1H3,(H,28,29,30). The molecule has 1 aliphatic rings. The van der Waals surface area contributed by atoms with Crippen LogP contribution in [0.1, 0.15) is 22.6 Å². The lowest BCUT2D eigenvalue weighted by atomic mass is 9.91. The van der Waals surface area contributed by atoms with E-state index in [2.05, 4.69) is 26.3 Å². The number of nitrogens with two attached hydrogens (primary N) is 1. The molecule has 1 aromatic heterocycles. The third-order valence-corrected chi connectivity index (χ3v) is 5.99. The molecule has 1 unspecified atom stereocenters. The molecule has 4 rings (SSSR count). The van der Waals surface area contributed by atoms with E-state index in [-0.39, 0.29) is 0 Å². The van der Waals surface area contributed by atoms with Crippen molar-refractivity contribution < 1.29 is 4.74 Å². The Morgan fingerprint density at radius 2 is 1.88 bits per heavy atom. The predicted octanol–water partition coefficient (Wildman–Crippen LogP) is 4.91. The van der Waals surface area contributed by atoms with Gasteiger partial charge in [-0.2, -0.15) is 5.26 Å². The number of rotatable bonds is 5. The number of ether oxygens (including phenoxy) is 1. The fraction of sp³-hybridized carbons (Fsp3) is 0.261. The zero-order chi connectivity index (χ0) is 22.7. The van der Waals surface area contributed by atoms with Crippen molar-refractivity contribution in [1.29, 1.82) is 5.26 Å². The third kappa shape index (κ3) is 4.58. The van der Waals surface area contributed by atoms with E-state index in [1.54, 1.807) is 18.2 Å². The van der Waals surface area contributed by atoms with Gasteiger partial charge in [0.1, 0.15) is 12.0 Å². The summed E-state index contributed by atoms with van der Waals surface area (Å²) in [5.74, 6) is 0.672. The molecule has 1 atom stereocenters. The van der Waals surface area contributed by atoms with E-state index < -0.39 is 5.92 Å². The Balaban J connectivity index is 1.63. The second-order valence-electron chi connectivity index (χ2n) is 7.49. The van der Waals surface area contributed by atoms with Gasteiger partial charge >= 0.3 is 0 Å². The van der Waals surface area contributed by atoms with Crippen LogP contribution in [0, 0.1) is 18.3 Å². The molecule has 7 nitrogen and oxygen atoms in total. The van der Waals surface area contributed by atoms with Gasteiger partial charge in [-0.15, -0.1) is 0 Å². The molecule has 32 heavy (non-hydrogen) atoms. The Kier molecular flexibility index (Phi) is 6.66. The van der Waals surface area contributed by atoms with Crippen molar-refractivity contribution >= 4 is 46.2 Å². The molecule has 9 heteroatoms. The SMILES string of the molecule is Cc1cc(C(C#N)c2ccc(Cl)cc2)c(Cl)cc1Nc1ncnc(N2CCOCC2)c1N. The summed E-state index contributed by atoms with van der Waals surface area (Å²) in [5, 5.41) is 14.2. The van der Waals surface area contributed by atoms with E-state index >= 15 is 0 Å². The van der Waals surface area contributed by atoms with Crippen LogP contribution in [0.4, 0.5) is 23.0 Å². The molecule has 0 radical (unpaired) electrons. The van der Waals surface area contributed by atoms with Crippen molar-refractivity contribution in [3.8, 4) is 6.07 Å². The average molecular weight is 469 g/mol. The normalized spacial score (nSPS) is 14.6. The van der Waals surface area contributed by atoms with Crippen LogP contribution >= 0.6 is 23.2 Å². The Morgan fingerprint density at radius 3 is 2.56 bits per heavy atom. The van der Waals surface area contributed by atoms with Gasteiger partial charge < -0.3 is 20.7 Å². The number of aromatic nitrogens is 2. The monoisotopic (exact) mass is 468 g/mol. The van der Waals surface area contributed by atoms with Gasteiger partial charge in [-0.05, 0) is 41.8 Å². The summed E-state index contributed by atoms with van der Waals surface area (Å²) in [7, 11) is 0. The van der Waals surface area contributed by atoms with Gasteiger partial charge in [0.05, 0.1) is 25.2 Å². The van der Waals surface area contributed by atoms with Crippen molar-refractivity contribution in [2.24, 2.45) is 0 Å². The number of anilines is 4. The largest absolute Gasteiger partial charge is 0.393 e. The first kappa shape index (κ1) is 22.2. The summed E-state index contributed by atoms with van der Waals surface area (Å²) >= 11 is 12.6. The van der Waals surface area contributed by atoms with Crippen LogP contribution in [0.5, 0.6) is 0 Å². The van der Waals surface area contributed by atoms with E-state index in [4.69, 9.17) is 33.7 Å².